The first-order valence-electron chi connectivity index (χ1n) is 13.9. The van der Waals surface area contributed by atoms with E-state index in [2.05, 4.69) is 18.7 Å². The first-order chi connectivity index (χ1) is 18.4. The minimum absolute atomic E-state index is 0.00973. The van der Waals surface area contributed by atoms with Crippen LogP contribution in [0.15, 0.2) is 48.5 Å². The highest BCUT2D eigenvalue weighted by Gasteiger charge is 2.29. The van der Waals surface area contributed by atoms with Gasteiger partial charge >= 0.3 is 0 Å². The highest BCUT2D eigenvalue weighted by atomic mass is 16.5. The largest absolute Gasteiger partial charge is 0.490 e. The number of ether oxygens (including phenoxy) is 1. The number of anilines is 1. The van der Waals surface area contributed by atoms with Gasteiger partial charge in [-0.15, -0.1) is 0 Å². The van der Waals surface area contributed by atoms with Gasteiger partial charge in [-0.25, -0.2) is 0 Å². The quantitative estimate of drug-likeness (QED) is 0.584. The summed E-state index contributed by atoms with van der Waals surface area (Å²) in [4.78, 5) is 46.6. The zero-order valence-electron chi connectivity index (χ0n) is 22.5. The highest BCUT2D eigenvalue weighted by molar-refractivity contribution is 6.03. The van der Waals surface area contributed by atoms with E-state index in [1.165, 1.54) is 0 Å². The van der Waals surface area contributed by atoms with Gasteiger partial charge < -0.3 is 24.3 Å². The standard InChI is InChI=1S/C30H38N4O4/c1-22(2)31-16-12-27(13-17-31)38-26-10-8-25(9-11-26)34-19-18-33(21-28(34)35)30(37)24-7-5-6-23(20-24)29(36)32-14-3-4-15-32/h5-11,20,22,27H,3-4,12-19,21H2,1-2H3. The Morgan fingerprint density at radius 3 is 2.05 bits per heavy atom. The van der Waals surface area contributed by atoms with Crippen molar-refractivity contribution in [3.8, 4) is 5.75 Å². The Bertz CT molecular complexity index is 1150. The van der Waals surface area contributed by atoms with Gasteiger partial charge in [-0.05, 0) is 82.0 Å². The summed E-state index contributed by atoms with van der Waals surface area (Å²) in [5.41, 5.74) is 1.77. The van der Waals surface area contributed by atoms with Crippen LogP contribution >= 0.6 is 0 Å². The van der Waals surface area contributed by atoms with Crippen molar-refractivity contribution in [1.29, 1.82) is 0 Å². The Labute approximate surface area is 225 Å². The molecule has 0 radical (unpaired) electrons. The topological polar surface area (TPSA) is 73.4 Å². The molecule has 0 atom stereocenters. The van der Waals surface area contributed by atoms with Crippen molar-refractivity contribution < 1.29 is 19.1 Å². The van der Waals surface area contributed by atoms with E-state index in [0.29, 0.717) is 30.3 Å². The maximum atomic E-state index is 13.2. The molecular formula is C30H38N4O4. The van der Waals surface area contributed by atoms with Crippen LogP contribution in [0.4, 0.5) is 5.69 Å². The lowest BCUT2D eigenvalue weighted by Crippen LogP contribution is -2.52. The van der Waals surface area contributed by atoms with Crippen molar-refractivity contribution in [1.82, 2.24) is 14.7 Å². The molecule has 0 aliphatic carbocycles. The van der Waals surface area contributed by atoms with Gasteiger partial charge in [0, 0.05) is 62.1 Å². The van der Waals surface area contributed by atoms with Crippen LogP contribution in [-0.4, -0.2) is 90.4 Å². The average molecular weight is 519 g/mol. The number of hydrogen-bond donors (Lipinski definition) is 0. The van der Waals surface area contributed by atoms with E-state index in [-0.39, 0.29) is 30.4 Å². The second-order valence-corrected chi connectivity index (χ2v) is 10.8. The number of hydrogen-bond acceptors (Lipinski definition) is 5. The number of benzene rings is 2. The van der Waals surface area contributed by atoms with Crippen molar-refractivity contribution in [3.05, 3.63) is 59.7 Å². The SMILES string of the molecule is CC(C)N1CCC(Oc2ccc(N3CCN(C(=O)c4cccc(C(=O)N5CCCC5)c4)CC3=O)cc2)CC1. The molecule has 3 saturated heterocycles. The van der Waals surface area contributed by atoms with E-state index in [1.807, 2.05) is 29.2 Å². The first-order valence-corrected chi connectivity index (χ1v) is 13.9. The van der Waals surface area contributed by atoms with Gasteiger partial charge in [-0.1, -0.05) is 6.07 Å². The van der Waals surface area contributed by atoms with Crippen LogP contribution in [0.5, 0.6) is 5.75 Å². The molecule has 2 aromatic rings. The van der Waals surface area contributed by atoms with Gasteiger partial charge in [0.15, 0.2) is 0 Å². The van der Waals surface area contributed by atoms with Crippen molar-refractivity contribution in [2.24, 2.45) is 0 Å². The zero-order chi connectivity index (χ0) is 26.6. The Morgan fingerprint density at radius 2 is 1.45 bits per heavy atom. The Balaban J connectivity index is 1.16. The summed E-state index contributed by atoms with van der Waals surface area (Å²) in [6.07, 6.45) is 4.29. The van der Waals surface area contributed by atoms with Crippen LogP contribution in [0.3, 0.4) is 0 Å². The molecule has 3 amide bonds. The van der Waals surface area contributed by atoms with E-state index in [1.54, 1.807) is 34.1 Å². The fraction of sp³-hybridized carbons (Fsp3) is 0.500. The lowest BCUT2D eigenvalue weighted by Gasteiger charge is -2.35. The Kier molecular flexibility index (Phi) is 7.98. The van der Waals surface area contributed by atoms with Crippen LogP contribution in [0.25, 0.3) is 0 Å². The second-order valence-electron chi connectivity index (χ2n) is 10.8. The number of carbonyl (C=O) groups excluding carboxylic acids is 3. The third-order valence-corrected chi connectivity index (χ3v) is 7.92. The molecule has 0 spiro atoms. The highest BCUT2D eigenvalue weighted by Crippen LogP contribution is 2.25. The molecule has 38 heavy (non-hydrogen) atoms. The van der Waals surface area contributed by atoms with Crippen LogP contribution in [0.2, 0.25) is 0 Å². The summed E-state index contributed by atoms with van der Waals surface area (Å²) in [6.45, 7) is 8.95. The summed E-state index contributed by atoms with van der Waals surface area (Å²) in [6, 6.07) is 15.1. The predicted octanol–water partition coefficient (Wildman–Crippen LogP) is 3.66. The van der Waals surface area contributed by atoms with Crippen molar-refractivity contribution in [2.45, 2.75) is 51.7 Å². The number of amides is 3. The second kappa shape index (κ2) is 11.6. The van der Waals surface area contributed by atoms with Gasteiger partial charge in [-0.3, -0.25) is 14.4 Å². The van der Waals surface area contributed by atoms with Gasteiger partial charge in [0.1, 0.15) is 18.4 Å². The third kappa shape index (κ3) is 5.85. The number of rotatable bonds is 6. The molecule has 0 bridgehead atoms. The molecule has 8 heteroatoms. The Morgan fingerprint density at radius 1 is 0.816 bits per heavy atom. The summed E-state index contributed by atoms with van der Waals surface area (Å²) >= 11 is 0. The molecule has 5 rings (SSSR count). The smallest absolute Gasteiger partial charge is 0.254 e. The molecule has 3 aliphatic rings. The minimum atomic E-state index is -0.221. The van der Waals surface area contributed by atoms with Gasteiger partial charge in [-0.2, -0.15) is 0 Å². The molecule has 2 aromatic carbocycles. The fourth-order valence-electron chi connectivity index (χ4n) is 5.60. The van der Waals surface area contributed by atoms with Crippen molar-refractivity contribution >= 4 is 23.4 Å². The maximum Gasteiger partial charge on any atom is 0.254 e. The fourth-order valence-corrected chi connectivity index (χ4v) is 5.60. The van der Waals surface area contributed by atoms with E-state index in [0.717, 1.165) is 63.3 Å². The predicted molar refractivity (Wildman–Crippen MR) is 147 cm³/mol. The number of nitrogens with zero attached hydrogens (tertiary/aromatic N) is 4. The van der Waals surface area contributed by atoms with E-state index >= 15 is 0 Å². The minimum Gasteiger partial charge on any atom is -0.490 e. The van der Waals surface area contributed by atoms with Crippen LogP contribution in [-0.2, 0) is 4.79 Å². The molecule has 3 aliphatic heterocycles. The molecule has 3 fully saturated rings. The zero-order valence-corrected chi connectivity index (χ0v) is 22.5. The normalized spacial score (nSPS) is 19.3. The van der Waals surface area contributed by atoms with E-state index < -0.39 is 0 Å². The van der Waals surface area contributed by atoms with E-state index in [4.69, 9.17) is 4.74 Å². The first kappa shape index (κ1) is 26.2. The van der Waals surface area contributed by atoms with Crippen LogP contribution in [0.1, 0.15) is 60.2 Å². The van der Waals surface area contributed by atoms with Gasteiger partial charge in [0.05, 0.1) is 0 Å². The number of likely N-dealkylation sites (tertiary alicyclic amines) is 2. The maximum absolute atomic E-state index is 13.2. The summed E-state index contributed by atoms with van der Waals surface area (Å²) in [5.74, 6) is 0.442. The van der Waals surface area contributed by atoms with Crippen molar-refractivity contribution in [2.75, 3.05) is 50.7 Å². The molecule has 0 saturated carbocycles. The number of piperazine rings is 1. The van der Waals surface area contributed by atoms with Crippen LogP contribution in [0, 0.1) is 0 Å². The van der Waals surface area contributed by atoms with Crippen molar-refractivity contribution in [3.63, 3.8) is 0 Å². The number of piperidine rings is 1. The average Bonchev–Trinajstić information content (AvgIpc) is 3.48. The van der Waals surface area contributed by atoms with Crippen LogP contribution < -0.4 is 9.64 Å². The lowest BCUT2D eigenvalue weighted by molar-refractivity contribution is -0.120. The Hall–Kier alpha value is -3.39. The summed E-state index contributed by atoms with van der Waals surface area (Å²) in [5, 5.41) is 0. The molecule has 8 nitrogen and oxygen atoms in total. The molecule has 3 heterocycles. The van der Waals surface area contributed by atoms with Gasteiger partial charge in [0.2, 0.25) is 5.91 Å². The number of carbonyl (C=O) groups is 3. The monoisotopic (exact) mass is 518 g/mol. The van der Waals surface area contributed by atoms with Gasteiger partial charge in [0.25, 0.3) is 11.8 Å². The molecule has 0 unspecified atom stereocenters. The summed E-state index contributed by atoms with van der Waals surface area (Å²) < 4.78 is 6.20. The summed E-state index contributed by atoms with van der Waals surface area (Å²) in [7, 11) is 0. The lowest BCUT2D eigenvalue weighted by atomic mass is 10.1. The molecule has 0 N–H and O–H groups in total. The third-order valence-electron chi connectivity index (χ3n) is 7.92. The van der Waals surface area contributed by atoms with E-state index in [9.17, 15) is 14.4 Å². The molecule has 0 aromatic heterocycles. The molecular weight excluding hydrogens is 480 g/mol. The molecule has 202 valence electrons.